The number of nitro benzene ring substituents is 1. The molecule has 0 radical (unpaired) electrons. The molecule has 0 unspecified atom stereocenters. The van der Waals surface area contributed by atoms with E-state index < -0.39 is 4.92 Å². The van der Waals surface area contributed by atoms with Gasteiger partial charge < -0.3 is 19.3 Å². The molecule has 9 nitrogen and oxygen atoms in total. The van der Waals surface area contributed by atoms with E-state index in [-0.39, 0.29) is 11.6 Å². The lowest BCUT2D eigenvalue weighted by Gasteiger charge is -2.34. The highest BCUT2D eigenvalue weighted by Crippen LogP contribution is 2.40. The average molecular weight is 428 g/mol. The molecule has 1 amide bonds. The Balaban J connectivity index is 1.48. The lowest BCUT2D eigenvalue weighted by atomic mass is 10.1. The van der Waals surface area contributed by atoms with Gasteiger partial charge in [0.1, 0.15) is 21.7 Å². The van der Waals surface area contributed by atoms with Gasteiger partial charge in [-0.2, -0.15) is 0 Å². The summed E-state index contributed by atoms with van der Waals surface area (Å²) in [6.45, 7) is 2.37. The smallest absolute Gasteiger partial charge is 0.269 e. The van der Waals surface area contributed by atoms with Gasteiger partial charge in [0, 0.05) is 43.9 Å². The third-order valence-electron chi connectivity index (χ3n) is 5.06. The second-order valence-electron chi connectivity index (χ2n) is 6.73. The Morgan fingerprint density at radius 2 is 1.67 bits per heavy atom. The maximum atomic E-state index is 12.7. The van der Waals surface area contributed by atoms with Crippen LogP contribution in [0.3, 0.4) is 0 Å². The molecule has 1 aromatic heterocycles. The molecule has 4 rings (SSSR count). The van der Waals surface area contributed by atoms with E-state index in [1.54, 1.807) is 19.1 Å². The van der Waals surface area contributed by atoms with Crippen LogP contribution in [0.2, 0.25) is 0 Å². The predicted molar refractivity (Wildman–Crippen MR) is 114 cm³/mol. The van der Waals surface area contributed by atoms with Crippen molar-refractivity contribution in [3.05, 3.63) is 52.1 Å². The Kier molecular flexibility index (Phi) is 5.40. The second-order valence-corrected chi connectivity index (χ2v) is 7.71. The molecule has 2 heterocycles. The summed E-state index contributed by atoms with van der Waals surface area (Å²) in [5.41, 5.74) is 1.18. The van der Waals surface area contributed by atoms with Gasteiger partial charge in [-0.3, -0.25) is 14.9 Å². The molecule has 1 fully saturated rings. The van der Waals surface area contributed by atoms with Gasteiger partial charge in [-0.15, -0.1) is 0 Å². The number of carbonyl (C=O) groups is 1. The van der Waals surface area contributed by atoms with Gasteiger partial charge in [-0.05, 0) is 24.3 Å². The van der Waals surface area contributed by atoms with Crippen LogP contribution in [0.15, 0.2) is 36.4 Å². The zero-order valence-electron chi connectivity index (χ0n) is 16.5. The summed E-state index contributed by atoms with van der Waals surface area (Å²) >= 11 is 1.54. The monoisotopic (exact) mass is 428 g/mol. The van der Waals surface area contributed by atoms with E-state index in [9.17, 15) is 14.9 Å². The zero-order chi connectivity index (χ0) is 21.3. The SMILES string of the molecule is COc1ccc(OC)c2sc(N3CCN(C(=O)c4ccc([N+](=O)[O-])cc4)CC3)nc12. The number of amides is 1. The van der Waals surface area contributed by atoms with Crippen molar-refractivity contribution in [2.75, 3.05) is 45.3 Å². The van der Waals surface area contributed by atoms with Crippen LogP contribution in [-0.2, 0) is 0 Å². The molecule has 3 aromatic rings. The normalized spacial score (nSPS) is 14.1. The lowest BCUT2D eigenvalue weighted by molar-refractivity contribution is -0.384. The molecule has 30 heavy (non-hydrogen) atoms. The van der Waals surface area contributed by atoms with Crippen LogP contribution in [0.5, 0.6) is 11.5 Å². The van der Waals surface area contributed by atoms with Crippen LogP contribution in [0.4, 0.5) is 10.8 Å². The quantitative estimate of drug-likeness (QED) is 0.455. The Bertz CT molecular complexity index is 1050. The van der Waals surface area contributed by atoms with Crippen LogP contribution in [-0.4, -0.2) is 61.1 Å². The number of anilines is 1. The van der Waals surface area contributed by atoms with Crippen molar-refractivity contribution in [1.29, 1.82) is 0 Å². The van der Waals surface area contributed by atoms with Crippen LogP contribution in [0, 0.1) is 10.1 Å². The number of aromatic nitrogens is 1. The molecule has 1 aliphatic rings. The Morgan fingerprint density at radius 1 is 1.03 bits per heavy atom. The van der Waals surface area contributed by atoms with Crippen LogP contribution in [0.1, 0.15) is 10.4 Å². The predicted octanol–water partition coefficient (Wildman–Crippen LogP) is 3.18. The number of methoxy groups -OCH3 is 2. The number of rotatable bonds is 5. The minimum absolute atomic E-state index is 0.0296. The summed E-state index contributed by atoms with van der Waals surface area (Å²) < 4.78 is 11.8. The first kappa shape index (κ1) is 19.9. The molecular weight excluding hydrogens is 408 g/mol. The molecule has 0 saturated carbocycles. The molecule has 1 saturated heterocycles. The van der Waals surface area contributed by atoms with Gasteiger partial charge >= 0.3 is 0 Å². The fraction of sp³-hybridized carbons (Fsp3) is 0.300. The Hall–Kier alpha value is -3.40. The highest BCUT2D eigenvalue weighted by Gasteiger charge is 2.25. The number of nitrogens with zero attached hydrogens (tertiary/aromatic N) is 4. The summed E-state index contributed by atoms with van der Waals surface area (Å²) in [4.78, 5) is 31.7. The number of fused-ring (bicyclic) bond motifs is 1. The molecule has 0 spiro atoms. The topological polar surface area (TPSA) is 98.0 Å². The average Bonchev–Trinajstić information content (AvgIpc) is 3.23. The van der Waals surface area contributed by atoms with Gasteiger partial charge in [0.15, 0.2) is 5.13 Å². The first-order valence-electron chi connectivity index (χ1n) is 9.32. The first-order chi connectivity index (χ1) is 14.5. The maximum absolute atomic E-state index is 12.7. The molecule has 0 atom stereocenters. The Labute approximate surface area is 176 Å². The van der Waals surface area contributed by atoms with Crippen molar-refractivity contribution in [3.8, 4) is 11.5 Å². The summed E-state index contributed by atoms with van der Waals surface area (Å²) in [7, 11) is 3.24. The number of hydrogen-bond acceptors (Lipinski definition) is 8. The summed E-state index contributed by atoms with van der Waals surface area (Å²) in [6.07, 6.45) is 0. The van der Waals surface area contributed by atoms with Crippen LogP contribution in [0.25, 0.3) is 10.2 Å². The number of thiazole rings is 1. The minimum atomic E-state index is -0.477. The molecule has 1 aliphatic heterocycles. The summed E-state index contributed by atoms with van der Waals surface area (Å²) in [5.74, 6) is 1.32. The minimum Gasteiger partial charge on any atom is -0.495 e. The number of nitro groups is 1. The van der Waals surface area contributed by atoms with Gasteiger partial charge in [0.05, 0.1) is 19.1 Å². The van der Waals surface area contributed by atoms with Crippen LogP contribution >= 0.6 is 11.3 Å². The third-order valence-corrected chi connectivity index (χ3v) is 6.19. The molecule has 10 heteroatoms. The van der Waals surface area contributed by atoms with Gasteiger partial charge in [0.25, 0.3) is 11.6 Å². The molecule has 156 valence electrons. The van der Waals surface area contributed by atoms with E-state index in [1.165, 1.54) is 35.6 Å². The van der Waals surface area contributed by atoms with Gasteiger partial charge in [-0.25, -0.2) is 4.98 Å². The van der Waals surface area contributed by atoms with E-state index in [0.717, 1.165) is 21.1 Å². The number of benzene rings is 2. The lowest BCUT2D eigenvalue weighted by Crippen LogP contribution is -2.48. The number of carbonyl (C=O) groups excluding carboxylic acids is 1. The van der Waals surface area contributed by atoms with Gasteiger partial charge in [-0.1, -0.05) is 11.3 Å². The number of non-ortho nitro benzene ring substituents is 1. The molecule has 0 aliphatic carbocycles. The van der Waals surface area contributed by atoms with Crippen molar-refractivity contribution in [3.63, 3.8) is 0 Å². The Morgan fingerprint density at radius 3 is 2.27 bits per heavy atom. The van der Waals surface area contributed by atoms with Crippen molar-refractivity contribution in [2.45, 2.75) is 0 Å². The zero-order valence-corrected chi connectivity index (χ0v) is 17.3. The second kappa shape index (κ2) is 8.15. The molecule has 2 aromatic carbocycles. The molecule has 0 bridgehead atoms. The van der Waals surface area contributed by atoms with Crippen LogP contribution < -0.4 is 14.4 Å². The number of ether oxygens (including phenoxy) is 2. The van der Waals surface area contributed by atoms with E-state index in [0.29, 0.717) is 37.5 Å². The van der Waals surface area contributed by atoms with Crippen molar-refractivity contribution >= 4 is 38.3 Å². The highest BCUT2D eigenvalue weighted by molar-refractivity contribution is 7.22. The van der Waals surface area contributed by atoms with E-state index in [1.807, 2.05) is 12.1 Å². The number of hydrogen-bond donors (Lipinski definition) is 0. The van der Waals surface area contributed by atoms with E-state index >= 15 is 0 Å². The summed E-state index contributed by atoms with van der Waals surface area (Å²) in [6, 6.07) is 9.41. The fourth-order valence-corrected chi connectivity index (χ4v) is 4.54. The van der Waals surface area contributed by atoms with Crippen molar-refractivity contribution in [2.24, 2.45) is 0 Å². The van der Waals surface area contributed by atoms with Gasteiger partial charge in [0.2, 0.25) is 0 Å². The maximum Gasteiger partial charge on any atom is 0.269 e. The highest BCUT2D eigenvalue weighted by atomic mass is 32.1. The van der Waals surface area contributed by atoms with Crippen molar-refractivity contribution in [1.82, 2.24) is 9.88 Å². The van der Waals surface area contributed by atoms with Crippen molar-refractivity contribution < 1.29 is 19.2 Å². The number of piperazine rings is 1. The fourth-order valence-electron chi connectivity index (χ4n) is 3.42. The first-order valence-corrected chi connectivity index (χ1v) is 10.1. The largest absolute Gasteiger partial charge is 0.495 e. The van der Waals surface area contributed by atoms with E-state index in [4.69, 9.17) is 14.5 Å². The molecular formula is C20H20N4O5S. The van der Waals surface area contributed by atoms with E-state index in [2.05, 4.69) is 4.90 Å². The summed E-state index contributed by atoms with van der Waals surface area (Å²) in [5, 5.41) is 11.6. The third kappa shape index (κ3) is 3.61. The molecule has 0 N–H and O–H groups in total. The standard InChI is InChI=1S/C20H20N4O5S/c1-28-15-7-8-16(29-2)18-17(15)21-20(30-18)23-11-9-22(10-12-23)19(25)13-3-5-14(6-4-13)24(26)27/h3-8H,9-12H2,1-2H3.